The molecule has 4 N–H and O–H groups in total. The second kappa shape index (κ2) is 8.77. The standard InChI is InChI=1S/C21H30N4O5S2/c1-13(2)21(15-4-3-5-15)25-32(28,29)20-11-17(31(22,26)27)8-9-18(20)23-12-16-10-19(24-30-16)14-6-7-14/h8-11,13-15,21,23,25H,3-7,12H2,1-2H3,(H2,22,26,27). The Morgan fingerprint density at radius 1 is 1.12 bits per heavy atom. The predicted octanol–water partition coefficient (Wildman–Crippen LogP) is 2.91. The van der Waals surface area contributed by atoms with Gasteiger partial charge in [-0.2, -0.15) is 0 Å². The number of rotatable bonds is 10. The molecule has 0 spiro atoms. The first kappa shape index (κ1) is 23.2. The van der Waals surface area contributed by atoms with Crippen molar-refractivity contribution >= 4 is 25.7 Å². The van der Waals surface area contributed by atoms with E-state index >= 15 is 0 Å². The summed E-state index contributed by atoms with van der Waals surface area (Å²) < 4.78 is 58.7. The molecule has 0 bridgehead atoms. The number of primary sulfonamides is 1. The van der Waals surface area contributed by atoms with Gasteiger partial charge in [0.15, 0.2) is 5.76 Å². The number of hydrogen-bond donors (Lipinski definition) is 3. The lowest BCUT2D eigenvalue weighted by molar-refractivity contribution is 0.209. The molecular weight excluding hydrogens is 452 g/mol. The quantitative estimate of drug-likeness (QED) is 0.472. The van der Waals surface area contributed by atoms with Crippen LogP contribution in [-0.4, -0.2) is 28.0 Å². The lowest BCUT2D eigenvalue weighted by atomic mass is 9.76. The lowest BCUT2D eigenvalue weighted by Crippen LogP contribution is -2.46. The van der Waals surface area contributed by atoms with E-state index in [4.69, 9.17) is 9.66 Å². The van der Waals surface area contributed by atoms with Crippen LogP contribution in [0.1, 0.15) is 63.3 Å². The third-order valence-corrected chi connectivity index (χ3v) is 8.67. The van der Waals surface area contributed by atoms with E-state index in [2.05, 4.69) is 15.2 Å². The van der Waals surface area contributed by atoms with Crippen LogP contribution in [0.3, 0.4) is 0 Å². The highest BCUT2D eigenvalue weighted by Crippen LogP contribution is 2.39. The van der Waals surface area contributed by atoms with Gasteiger partial charge in [-0.05, 0) is 55.7 Å². The second-order valence-electron chi connectivity index (χ2n) is 9.13. The zero-order valence-corrected chi connectivity index (χ0v) is 19.9. The summed E-state index contributed by atoms with van der Waals surface area (Å²) in [7, 11) is -8.09. The predicted molar refractivity (Wildman–Crippen MR) is 120 cm³/mol. The largest absolute Gasteiger partial charge is 0.377 e. The molecule has 0 radical (unpaired) electrons. The van der Waals surface area contributed by atoms with Crippen molar-refractivity contribution in [3.63, 3.8) is 0 Å². The van der Waals surface area contributed by atoms with Crippen molar-refractivity contribution in [1.82, 2.24) is 9.88 Å². The van der Waals surface area contributed by atoms with Gasteiger partial charge in [-0.25, -0.2) is 26.7 Å². The Hall–Kier alpha value is -1.95. The van der Waals surface area contributed by atoms with Crippen molar-refractivity contribution in [2.24, 2.45) is 17.0 Å². The number of hydrogen-bond acceptors (Lipinski definition) is 7. The van der Waals surface area contributed by atoms with Crippen LogP contribution in [0.5, 0.6) is 0 Å². The third-order valence-electron chi connectivity index (χ3n) is 6.26. The molecule has 0 saturated heterocycles. The van der Waals surface area contributed by atoms with Crippen LogP contribution in [0.4, 0.5) is 5.69 Å². The Labute approximate surface area is 189 Å². The summed E-state index contributed by atoms with van der Waals surface area (Å²) in [5.74, 6) is 1.40. The zero-order valence-electron chi connectivity index (χ0n) is 18.2. The van der Waals surface area contributed by atoms with Gasteiger partial charge >= 0.3 is 0 Å². The Kier molecular flexibility index (Phi) is 6.36. The number of anilines is 1. The fourth-order valence-corrected chi connectivity index (χ4v) is 6.31. The molecule has 0 amide bonds. The van der Waals surface area contributed by atoms with Gasteiger partial charge in [0.05, 0.1) is 22.8 Å². The van der Waals surface area contributed by atoms with Crippen LogP contribution in [0.15, 0.2) is 38.6 Å². The highest BCUT2D eigenvalue weighted by molar-refractivity contribution is 7.90. The van der Waals surface area contributed by atoms with Crippen molar-refractivity contribution in [3.8, 4) is 0 Å². The van der Waals surface area contributed by atoms with Gasteiger partial charge < -0.3 is 9.84 Å². The zero-order chi connectivity index (χ0) is 23.1. The van der Waals surface area contributed by atoms with Gasteiger partial charge in [0.1, 0.15) is 4.90 Å². The van der Waals surface area contributed by atoms with Crippen LogP contribution in [0.2, 0.25) is 0 Å². The second-order valence-corrected chi connectivity index (χ2v) is 12.4. The number of nitrogens with two attached hydrogens (primary N) is 1. The van der Waals surface area contributed by atoms with Crippen molar-refractivity contribution in [3.05, 3.63) is 35.7 Å². The first-order valence-electron chi connectivity index (χ1n) is 10.9. The van der Waals surface area contributed by atoms with Gasteiger partial charge in [-0.1, -0.05) is 25.4 Å². The van der Waals surface area contributed by atoms with E-state index in [1.54, 1.807) is 0 Å². The van der Waals surface area contributed by atoms with E-state index in [0.717, 1.165) is 43.9 Å². The van der Waals surface area contributed by atoms with Gasteiger partial charge in [-0.3, -0.25) is 0 Å². The third kappa shape index (κ3) is 5.16. The highest BCUT2D eigenvalue weighted by atomic mass is 32.2. The average Bonchev–Trinajstić information content (AvgIpc) is 3.41. The minimum Gasteiger partial charge on any atom is -0.377 e. The maximum atomic E-state index is 13.4. The molecule has 1 aromatic carbocycles. The average molecular weight is 483 g/mol. The number of aromatic nitrogens is 1. The lowest BCUT2D eigenvalue weighted by Gasteiger charge is -2.36. The maximum Gasteiger partial charge on any atom is 0.242 e. The van der Waals surface area contributed by atoms with E-state index in [1.165, 1.54) is 12.1 Å². The van der Waals surface area contributed by atoms with Crippen molar-refractivity contribution < 1.29 is 21.4 Å². The van der Waals surface area contributed by atoms with Crippen LogP contribution >= 0.6 is 0 Å². The molecule has 0 aliphatic heterocycles. The number of nitrogens with one attached hydrogen (secondary N) is 2. The molecule has 176 valence electrons. The first-order valence-corrected chi connectivity index (χ1v) is 14.0. The highest BCUT2D eigenvalue weighted by Gasteiger charge is 2.34. The number of nitrogens with zero attached hydrogens (tertiary/aromatic N) is 1. The topological polar surface area (TPSA) is 144 Å². The monoisotopic (exact) mass is 482 g/mol. The van der Waals surface area contributed by atoms with Crippen LogP contribution in [0.25, 0.3) is 0 Å². The number of sulfonamides is 2. The van der Waals surface area contributed by atoms with Gasteiger partial charge in [0.2, 0.25) is 20.0 Å². The SMILES string of the molecule is CC(C)C(NS(=O)(=O)c1cc(S(N)(=O)=O)ccc1NCc1cc(C2CC2)no1)C1CCC1. The van der Waals surface area contributed by atoms with Crippen molar-refractivity contribution in [2.75, 3.05) is 5.32 Å². The molecule has 9 nitrogen and oxygen atoms in total. The summed E-state index contributed by atoms with van der Waals surface area (Å²) in [6.45, 7) is 4.17. The smallest absolute Gasteiger partial charge is 0.242 e. The van der Waals surface area contributed by atoms with E-state index in [-0.39, 0.29) is 39.9 Å². The Morgan fingerprint density at radius 3 is 2.41 bits per heavy atom. The summed E-state index contributed by atoms with van der Waals surface area (Å²) >= 11 is 0. The summed E-state index contributed by atoms with van der Waals surface area (Å²) in [5, 5.41) is 12.4. The summed E-state index contributed by atoms with van der Waals surface area (Å²) in [5.41, 5.74) is 1.17. The van der Waals surface area contributed by atoms with E-state index < -0.39 is 20.0 Å². The Balaban J connectivity index is 1.62. The molecule has 2 aromatic rings. The van der Waals surface area contributed by atoms with E-state index in [0.29, 0.717) is 11.7 Å². The first-order chi connectivity index (χ1) is 15.0. The number of benzene rings is 1. The molecule has 32 heavy (non-hydrogen) atoms. The molecule has 1 aromatic heterocycles. The normalized spacial score (nSPS) is 18.5. The minimum absolute atomic E-state index is 0.1000. The fraction of sp³-hybridized carbons (Fsp3) is 0.571. The van der Waals surface area contributed by atoms with Crippen molar-refractivity contribution in [2.45, 2.75) is 74.2 Å². The van der Waals surface area contributed by atoms with Crippen LogP contribution in [-0.2, 0) is 26.6 Å². The molecule has 11 heteroatoms. The molecule has 2 saturated carbocycles. The van der Waals surface area contributed by atoms with Crippen LogP contribution < -0.4 is 15.2 Å². The molecule has 2 aliphatic carbocycles. The molecule has 1 atom stereocenters. The fourth-order valence-electron chi connectivity index (χ4n) is 4.03. The van der Waals surface area contributed by atoms with Gasteiger partial charge in [-0.15, -0.1) is 0 Å². The van der Waals surface area contributed by atoms with Crippen molar-refractivity contribution in [1.29, 1.82) is 0 Å². The summed E-state index contributed by atoms with van der Waals surface area (Å²) in [6.07, 6.45) is 5.23. The Bertz CT molecular complexity index is 1180. The molecule has 1 heterocycles. The molecule has 2 aliphatic rings. The summed E-state index contributed by atoms with van der Waals surface area (Å²) in [4.78, 5) is -0.417. The molecule has 2 fully saturated rings. The van der Waals surface area contributed by atoms with E-state index in [1.807, 2.05) is 19.9 Å². The minimum atomic E-state index is -4.07. The molecule has 4 rings (SSSR count). The molecular formula is C21H30N4O5S2. The van der Waals surface area contributed by atoms with Gasteiger partial charge in [0.25, 0.3) is 0 Å². The summed E-state index contributed by atoms with van der Waals surface area (Å²) in [6, 6.07) is 5.45. The van der Waals surface area contributed by atoms with E-state index in [9.17, 15) is 16.8 Å². The Morgan fingerprint density at radius 2 is 1.84 bits per heavy atom. The van der Waals surface area contributed by atoms with Gasteiger partial charge in [0, 0.05) is 18.0 Å². The van der Waals surface area contributed by atoms with Crippen LogP contribution in [0, 0.1) is 11.8 Å². The molecule has 1 unspecified atom stereocenters. The maximum absolute atomic E-state index is 13.4.